The lowest BCUT2D eigenvalue weighted by molar-refractivity contribution is -0.150. The number of nitrogens with two attached hydrogens (primary N) is 1. The van der Waals surface area contributed by atoms with Crippen LogP contribution in [0.1, 0.15) is 25.7 Å². The van der Waals surface area contributed by atoms with Gasteiger partial charge in [-0.1, -0.05) is 0 Å². The highest BCUT2D eigenvalue weighted by molar-refractivity contribution is 5.82. The van der Waals surface area contributed by atoms with Gasteiger partial charge in [0, 0.05) is 12.8 Å². The van der Waals surface area contributed by atoms with Gasteiger partial charge in [-0.05, 0) is 12.8 Å². The smallest absolute Gasteiger partial charge is 0.325 e. The molecule has 0 aliphatic rings. The standard InChI is InChI=1S/C13H23NO8/c1-20-12(19)13(14,4-2-10(17)21-8-6-15)5-3-11(18)22-9-7-16/h15-16H,2-9,14H2,1H3. The fraction of sp³-hybridized carbons (Fsp3) is 0.769. The lowest BCUT2D eigenvalue weighted by atomic mass is 9.89. The molecule has 0 spiro atoms. The summed E-state index contributed by atoms with van der Waals surface area (Å²) in [5.74, 6) is -1.98. The third-order valence-electron chi connectivity index (χ3n) is 2.85. The quantitative estimate of drug-likeness (QED) is 0.305. The Kier molecular flexibility index (Phi) is 10.1. The van der Waals surface area contributed by atoms with Crippen LogP contribution in [0.15, 0.2) is 0 Å². The molecule has 0 heterocycles. The molecule has 9 heteroatoms. The minimum absolute atomic E-state index is 0.0722. The summed E-state index contributed by atoms with van der Waals surface area (Å²) in [6.07, 6.45) is -0.455. The van der Waals surface area contributed by atoms with Gasteiger partial charge in [-0.3, -0.25) is 14.4 Å². The van der Waals surface area contributed by atoms with Gasteiger partial charge in [-0.2, -0.15) is 0 Å². The maximum absolute atomic E-state index is 11.8. The zero-order valence-electron chi connectivity index (χ0n) is 12.6. The summed E-state index contributed by atoms with van der Waals surface area (Å²) in [7, 11) is 1.15. The van der Waals surface area contributed by atoms with Crippen molar-refractivity contribution in [3.63, 3.8) is 0 Å². The second-order valence-corrected chi connectivity index (χ2v) is 4.54. The van der Waals surface area contributed by atoms with E-state index in [9.17, 15) is 14.4 Å². The van der Waals surface area contributed by atoms with Gasteiger partial charge in [0.25, 0.3) is 0 Å². The van der Waals surface area contributed by atoms with Crippen molar-refractivity contribution in [3.8, 4) is 0 Å². The van der Waals surface area contributed by atoms with Crippen molar-refractivity contribution in [2.24, 2.45) is 5.73 Å². The van der Waals surface area contributed by atoms with E-state index in [1.54, 1.807) is 0 Å². The van der Waals surface area contributed by atoms with E-state index < -0.39 is 23.4 Å². The SMILES string of the molecule is COC(=O)C(N)(CCC(=O)OCCO)CCC(=O)OCCO. The molecule has 0 aromatic rings. The summed E-state index contributed by atoms with van der Waals surface area (Å²) < 4.78 is 13.9. The van der Waals surface area contributed by atoms with E-state index in [1.807, 2.05) is 0 Å². The zero-order valence-corrected chi connectivity index (χ0v) is 12.6. The summed E-state index contributed by atoms with van der Waals surface area (Å²) >= 11 is 0. The van der Waals surface area contributed by atoms with Crippen LogP contribution in [0.25, 0.3) is 0 Å². The Balaban J connectivity index is 4.49. The van der Waals surface area contributed by atoms with Crippen molar-refractivity contribution in [3.05, 3.63) is 0 Å². The molecule has 128 valence electrons. The number of ether oxygens (including phenoxy) is 3. The van der Waals surface area contributed by atoms with Crippen molar-refractivity contribution >= 4 is 17.9 Å². The lowest BCUT2D eigenvalue weighted by Gasteiger charge is -2.25. The zero-order chi connectivity index (χ0) is 17.0. The second kappa shape index (κ2) is 10.9. The highest BCUT2D eigenvalue weighted by atomic mass is 16.5. The molecule has 0 aromatic heterocycles. The van der Waals surface area contributed by atoms with E-state index in [2.05, 4.69) is 14.2 Å². The van der Waals surface area contributed by atoms with Crippen LogP contribution in [-0.2, 0) is 28.6 Å². The summed E-state index contributed by atoms with van der Waals surface area (Å²) in [5, 5.41) is 17.1. The van der Waals surface area contributed by atoms with Gasteiger partial charge in [0.1, 0.15) is 18.8 Å². The van der Waals surface area contributed by atoms with E-state index in [1.165, 1.54) is 0 Å². The number of carbonyl (C=O) groups excluding carboxylic acids is 3. The lowest BCUT2D eigenvalue weighted by Crippen LogP contribution is -2.49. The molecule has 0 unspecified atom stereocenters. The maximum atomic E-state index is 11.8. The van der Waals surface area contributed by atoms with Crippen molar-refractivity contribution < 1.29 is 38.8 Å². The second-order valence-electron chi connectivity index (χ2n) is 4.54. The average Bonchev–Trinajstić information content (AvgIpc) is 2.53. The normalized spacial score (nSPS) is 10.9. The van der Waals surface area contributed by atoms with E-state index in [-0.39, 0.29) is 52.1 Å². The molecule has 0 saturated heterocycles. The molecular weight excluding hydrogens is 298 g/mol. The number of hydrogen-bond acceptors (Lipinski definition) is 9. The molecular formula is C13H23NO8. The molecule has 0 aliphatic heterocycles. The summed E-state index contributed by atoms with van der Waals surface area (Å²) in [6.45, 7) is -0.870. The monoisotopic (exact) mass is 321 g/mol. The van der Waals surface area contributed by atoms with Crippen molar-refractivity contribution in [2.45, 2.75) is 31.2 Å². The molecule has 0 aromatic carbocycles. The minimum Gasteiger partial charge on any atom is -0.468 e. The molecule has 4 N–H and O–H groups in total. The number of carbonyl (C=O) groups is 3. The molecule has 0 aliphatic carbocycles. The maximum Gasteiger partial charge on any atom is 0.325 e. The van der Waals surface area contributed by atoms with E-state index in [4.69, 9.17) is 15.9 Å². The summed E-state index contributed by atoms with van der Waals surface area (Å²) in [5.41, 5.74) is 4.39. The first-order valence-electron chi connectivity index (χ1n) is 6.80. The minimum atomic E-state index is -1.52. The number of rotatable bonds is 11. The summed E-state index contributed by atoms with van der Waals surface area (Å²) in [4.78, 5) is 34.5. The fourth-order valence-corrected chi connectivity index (χ4v) is 1.65. The molecule has 0 rings (SSSR count). The van der Waals surface area contributed by atoms with Crippen LogP contribution in [0, 0.1) is 0 Å². The van der Waals surface area contributed by atoms with Crippen molar-refractivity contribution in [1.82, 2.24) is 0 Å². The van der Waals surface area contributed by atoms with Crippen LogP contribution in [0.2, 0.25) is 0 Å². The van der Waals surface area contributed by atoms with Gasteiger partial charge in [-0.15, -0.1) is 0 Å². The van der Waals surface area contributed by atoms with Gasteiger partial charge in [0.15, 0.2) is 0 Å². The molecule has 0 fully saturated rings. The Hall–Kier alpha value is -1.71. The Labute approximate surface area is 128 Å². The molecule has 0 saturated carbocycles. The van der Waals surface area contributed by atoms with E-state index in [0.29, 0.717) is 0 Å². The van der Waals surface area contributed by atoms with E-state index >= 15 is 0 Å². The van der Waals surface area contributed by atoms with Crippen LogP contribution in [0.4, 0.5) is 0 Å². The highest BCUT2D eigenvalue weighted by Gasteiger charge is 2.36. The van der Waals surface area contributed by atoms with Gasteiger partial charge < -0.3 is 30.2 Å². The highest BCUT2D eigenvalue weighted by Crippen LogP contribution is 2.19. The first-order valence-corrected chi connectivity index (χ1v) is 6.80. The topological polar surface area (TPSA) is 145 Å². The molecule has 0 radical (unpaired) electrons. The largest absolute Gasteiger partial charge is 0.468 e. The number of methoxy groups -OCH3 is 1. The first-order chi connectivity index (χ1) is 10.4. The van der Waals surface area contributed by atoms with Crippen LogP contribution in [0.5, 0.6) is 0 Å². The van der Waals surface area contributed by atoms with Crippen LogP contribution < -0.4 is 5.73 Å². The van der Waals surface area contributed by atoms with Gasteiger partial charge >= 0.3 is 17.9 Å². The molecule has 22 heavy (non-hydrogen) atoms. The predicted molar refractivity (Wildman–Crippen MR) is 73.5 cm³/mol. The molecule has 0 atom stereocenters. The van der Waals surface area contributed by atoms with Crippen LogP contribution in [0.3, 0.4) is 0 Å². The van der Waals surface area contributed by atoms with Gasteiger partial charge in [-0.25, -0.2) is 0 Å². The Morgan fingerprint density at radius 1 is 0.955 bits per heavy atom. The number of aliphatic hydroxyl groups is 2. The fourth-order valence-electron chi connectivity index (χ4n) is 1.65. The third kappa shape index (κ3) is 7.91. The molecule has 0 amide bonds. The van der Waals surface area contributed by atoms with E-state index in [0.717, 1.165) is 7.11 Å². The Morgan fingerprint density at radius 2 is 1.36 bits per heavy atom. The Morgan fingerprint density at radius 3 is 1.68 bits per heavy atom. The van der Waals surface area contributed by atoms with Crippen LogP contribution >= 0.6 is 0 Å². The summed E-state index contributed by atoms with van der Waals surface area (Å²) in [6, 6.07) is 0. The van der Waals surface area contributed by atoms with Crippen molar-refractivity contribution in [1.29, 1.82) is 0 Å². The average molecular weight is 321 g/mol. The predicted octanol–water partition coefficient (Wildman–Crippen LogP) is -1.51. The number of aliphatic hydroxyl groups excluding tert-OH is 2. The first kappa shape index (κ1) is 20.3. The Bertz CT molecular complexity index is 347. The number of hydrogen-bond donors (Lipinski definition) is 3. The van der Waals surface area contributed by atoms with Crippen molar-refractivity contribution in [2.75, 3.05) is 33.5 Å². The third-order valence-corrected chi connectivity index (χ3v) is 2.85. The van der Waals surface area contributed by atoms with Gasteiger partial charge in [0.2, 0.25) is 0 Å². The molecule has 0 bridgehead atoms. The molecule has 9 nitrogen and oxygen atoms in total. The number of esters is 3. The van der Waals surface area contributed by atoms with Crippen LogP contribution in [-0.4, -0.2) is 67.2 Å². The van der Waals surface area contributed by atoms with Gasteiger partial charge in [0.05, 0.1) is 20.3 Å².